The quantitative estimate of drug-likeness (QED) is 0.467. The maximum absolute atomic E-state index is 14.7. The first-order chi connectivity index (χ1) is 17.9. The van der Waals surface area contributed by atoms with E-state index in [0.29, 0.717) is 29.8 Å². The highest BCUT2D eigenvalue weighted by Crippen LogP contribution is 2.38. The number of hydrogen-bond donors (Lipinski definition) is 2. The minimum Gasteiger partial charge on any atom is -0.370 e. The molecule has 1 aromatic carbocycles. The number of aromatic nitrogens is 2. The molecule has 1 aliphatic rings. The van der Waals surface area contributed by atoms with Crippen LogP contribution in [-0.2, 0) is 14.6 Å². The Bertz CT molecular complexity index is 1460. The van der Waals surface area contributed by atoms with E-state index in [4.69, 9.17) is 10.5 Å². The number of anilines is 1. The fourth-order valence-electron chi connectivity index (χ4n) is 4.51. The van der Waals surface area contributed by atoms with Gasteiger partial charge in [0, 0.05) is 24.1 Å². The minimum atomic E-state index is -3.92. The Morgan fingerprint density at radius 1 is 1.16 bits per heavy atom. The van der Waals surface area contributed by atoms with E-state index in [2.05, 4.69) is 15.3 Å². The molecule has 1 unspecified atom stereocenters. The van der Waals surface area contributed by atoms with Crippen LogP contribution in [0.5, 0.6) is 0 Å². The van der Waals surface area contributed by atoms with Crippen molar-refractivity contribution in [2.45, 2.75) is 49.8 Å². The highest BCUT2D eigenvalue weighted by atomic mass is 32.2. The van der Waals surface area contributed by atoms with Crippen molar-refractivity contribution in [2.75, 3.05) is 11.6 Å². The summed E-state index contributed by atoms with van der Waals surface area (Å²) in [5, 5.41) is 2.67. The van der Waals surface area contributed by atoms with Crippen molar-refractivity contribution in [3.63, 3.8) is 0 Å². The zero-order chi connectivity index (χ0) is 27.8. The van der Waals surface area contributed by atoms with E-state index < -0.39 is 55.5 Å². The molecular weight excluding hydrogens is 521 g/mol. The Morgan fingerprint density at radius 2 is 1.84 bits per heavy atom. The third kappa shape index (κ3) is 5.57. The number of nitrogens with two attached hydrogens (primary N) is 1. The molecule has 8 nitrogen and oxygen atoms in total. The molecule has 2 aromatic heterocycles. The number of rotatable bonds is 6. The van der Waals surface area contributed by atoms with Crippen molar-refractivity contribution < 1.29 is 31.1 Å². The van der Waals surface area contributed by atoms with Crippen molar-refractivity contribution in [3.05, 3.63) is 71.4 Å². The van der Waals surface area contributed by atoms with Crippen LogP contribution < -0.4 is 11.1 Å². The lowest BCUT2D eigenvalue weighted by Gasteiger charge is -2.39. The van der Waals surface area contributed by atoms with Gasteiger partial charge in [-0.05, 0) is 49.1 Å². The van der Waals surface area contributed by atoms with Crippen LogP contribution in [-0.4, -0.2) is 42.7 Å². The van der Waals surface area contributed by atoms with Crippen LogP contribution in [0, 0.1) is 23.4 Å². The molecule has 38 heavy (non-hydrogen) atoms. The number of carbonyl (C=O) groups is 1. The van der Waals surface area contributed by atoms with Gasteiger partial charge in [0.25, 0.3) is 5.91 Å². The van der Waals surface area contributed by atoms with E-state index in [1.807, 2.05) is 13.8 Å². The summed E-state index contributed by atoms with van der Waals surface area (Å²) in [6.07, 6.45) is 4.57. The standard InChI is InChI=1S/C26H27F3N4O4S/c1-4-22-13(2)19(30)11-23(37-22)15-7-8-31-12-21(15)33-26(34)20-6-5-16(27)25(32-20)24-17(28)9-14(10-18(24)29)38(3,35)36/h5-10,12-13,19,22-23H,4,11,30H2,1-3H3,(H,33,34)/t13?,19-,22-,23-/m1/s1. The van der Waals surface area contributed by atoms with Crippen LogP contribution in [0.2, 0.25) is 0 Å². The first kappa shape index (κ1) is 27.7. The second-order valence-electron chi connectivity index (χ2n) is 9.31. The molecule has 1 aliphatic heterocycles. The van der Waals surface area contributed by atoms with Crippen molar-refractivity contribution >= 4 is 21.4 Å². The van der Waals surface area contributed by atoms with E-state index in [1.54, 1.807) is 12.3 Å². The second-order valence-corrected chi connectivity index (χ2v) is 11.3. The molecule has 12 heteroatoms. The number of nitrogens with one attached hydrogen (secondary N) is 1. The molecule has 4 rings (SSSR count). The third-order valence-electron chi connectivity index (χ3n) is 6.70. The number of pyridine rings is 2. The molecule has 3 N–H and O–H groups in total. The van der Waals surface area contributed by atoms with Gasteiger partial charge in [0.05, 0.1) is 34.6 Å². The van der Waals surface area contributed by atoms with Crippen LogP contribution in [0.4, 0.5) is 18.9 Å². The van der Waals surface area contributed by atoms with Crippen molar-refractivity contribution in [2.24, 2.45) is 11.7 Å². The fraction of sp³-hybridized carbons (Fsp3) is 0.346. The first-order valence-electron chi connectivity index (χ1n) is 11.9. The summed E-state index contributed by atoms with van der Waals surface area (Å²) in [4.78, 5) is 20.4. The SMILES string of the molecule is CC[C@H]1O[C@@H](c2ccncc2NC(=O)c2ccc(F)c(-c3c(F)cc(S(C)(=O)=O)cc3F)n2)C[C@@H](N)C1C. The van der Waals surface area contributed by atoms with Crippen molar-refractivity contribution in [1.29, 1.82) is 0 Å². The highest BCUT2D eigenvalue weighted by molar-refractivity contribution is 7.90. The molecule has 3 heterocycles. The van der Waals surface area contributed by atoms with Gasteiger partial charge in [0.2, 0.25) is 0 Å². The van der Waals surface area contributed by atoms with E-state index in [-0.39, 0.29) is 23.8 Å². The summed E-state index contributed by atoms with van der Waals surface area (Å²) in [7, 11) is -3.92. The molecule has 0 bridgehead atoms. The van der Waals surface area contributed by atoms with Gasteiger partial charge in [-0.2, -0.15) is 0 Å². The highest BCUT2D eigenvalue weighted by Gasteiger charge is 2.35. The van der Waals surface area contributed by atoms with Crippen LogP contribution in [0.15, 0.2) is 47.6 Å². The second kappa shape index (κ2) is 10.8. The molecule has 1 fully saturated rings. The number of amides is 1. The zero-order valence-corrected chi connectivity index (χ0v) is 21.7. The summed E-state index contributed by atoms with van der Waals surface area (Å²) in [6, 6.07) is 4.64. The molecule has 0 radical (unpaired) electrons. The average Bonchev–Trinajstić information content (AvgIpc) is 2.86. The van der Waals surface area contributed by atoms with Crippen LogP contribution in [0.25, 0.3) is 11.3 Å². The van der Waals surface area contributed by atoms with Gasteiger partial charge in [-0.25, -0.2) is 26.6 Å². The van der Waals surface area contributed by atoms with E-state index in [0.717, 1.165) is 24.8 Å². The number of hydrogen-bond acceptors (Lipinski definition) is 7. The van der Waals surface area contributed by atoms with Crippen LogP contribution >= 0.6 is 0 Å². The molecule has 4 atom stereocenters. The number of halogens is 3. The predicted octanol–water partition coefficient (Wildman–Crippen LogP) is 4.42. The summed E-state index contributed by atoms with van der Waals surface area (Å²) in [5.74, 6) is -4.40. The Labute approximate surface area is 218 Å². The smallest absolute Gasteiger partial charge is 0.274 e. The Hall–Kier alpha value is -3.35. The van der Waals surface area contributed by atoms with Gasteiger partial charge in [-0.15, -0.1) is 0 Å². The summed E-state index contributed by atoms with van der Waals surface area (Å²) in [5.41, 5.74) is 5.30. The lowest BCUT2D eigenvalue weighted by molar-refractivity contribution is -0.0897. The van der Waals surface area contributed by atoms with Gasteiger partial charge in [-0.3, -0.25) is 9.78 Å². The molecule has 0 saturated carbocycles. The fourth-order valence-corrected chi connectivity index (χ4v) is 5.14. The maximum Gasteiger partial charge on any atom is 0.274 e. The molecule has 3 aromatic rings. The van der Waals surface area contributed by atoms with Crippen molar-refractivity contribution in [1.82, 2.24) is 9.97 Å². The van der Waals surface area contributed by atoms with Gasteiger partial charge in [0.15, 0.2) is 9.84 Å². The summed E-state index contributed by atoms with van der Waals surface area (Å²) < 4.78 is 73.6. The topological polar surface area (TPSA) is 124 Å². The van der Waals surface area contributed by atoms with E-state index in [1.165, 1.54) is 6.20 Å². The molecule has 1 saturated heterocycles. The monoisotopic (exact) mass is 548 g/mol. The van der Waals surface area contributed by atoms with Crippen molar-refractivity contribution in [3.8, 4) is 11.3 Å². The largest absolute Gasteiger partial charge is 0.370 e. The Balaban J connectivity index is 1.65. The van der Waals surface area contributed by atoms with E-state index in [9.17, 15) is 26.4 Å². The predicted molar refractivity (Wildman–Crippen MR) is 135 cm³/mol. The normalized spacial score (nSPS) is 21.8. The molecular formula is C26H27F3N4O4S. The van der Waals surface area contributed by atoms with Gasteiger partial charge < -0.3 is 15.8 Å². The molecule has 0 aliphatic carbocycles. The van der Waals surface area contributed by atoms with E-state index >= 15 is 0 Å². The van der Waals surface area contributed by atoms with Gasteiger partial charge >= 0.3 is 0 Å². The number of nitrogens with zero attached hydrogens (tertiary/aromatic N) is 2. The van der Waals surface area contributed by atoms with Crippen LogP contribution in [0.3, 0.4) is 0 Å². The maximum atomic E-state index is 14.7. The lowest BCUT2D eigenvalue weighted by Crippen LogP contribution is -2.44. The Kier molecular flexibility index (Phi) is 7.86. The van der Waals surface area contributed by atoms with Crippen LogP contribution in [0.1, 0.15) is 48.8 Å². The third-order valence-corrected chi connectivity index (χ3v) is 7.79. The van der Waals surface area contributed by atoms with Gasteiger partial charge in [0.1, 0.15) is 28.8 Å². The molecule has 202 valence electrons. The Morgan fingerprint density at radius 3 is 2.47 bits per heavy atom. The summed E-state index contributed by atoms with van der Waals surface area (Å²) >= 11 is 0. The number of carbonyl (C=O) groups excluding carboxylic acids is 1. The zero-order valence-electron chi connectivity index (χ0n) is 20.9. The molecule has 1 amide bonds. The number of sulfone groups is 1. The lowest BCUT2D eigenvalue weighted by atomic mass is 9.85. The number of benzene rings is 1. The van der Waals surface area contributed by atoms with Gasteiger partial charge in [-0.1, -0.05) is 13.8 Å². The summed E-state index contributed by atoms with van der Waals surface area (Å²) in [6.45, 7) is 4.03. The number of ether oxygens (including phenoxy) is 1. The molecule has 0 spiro atoms. The first-order valence-corrected chi connectivity index (χ1v) is 13.8. The average molecular weight is 549 g/mol. The minimum absolute atomic E-state index is 0.0688.